The molecule has 124 valence electrons. The van der Waals surface area contributed by atoms with Gasteiger partial charge in [-0.05, 0) is 39.0 Å². The Morgan fingerprint density at radius 3 is 2.79 bits per heavy atom. The fourth-order valence-electron chi connectivity index (χ4n) is 2.79. The van der Waals surface area contributed by atoms with E-state index in [1.165, 1.54) is 0 Å². The summed E-state index contributed by atoms with van der Waals surface area (Å²) in [5, 5.41) is 8.09. The van der Waals surface area contributed by atoms with E-state index < -0.39 is 0 Å². The molecule has 6 heteroatoms. The van der Waals surface area contributed by atoms with E-state index in [0.29, 0.717) is 29.3 Å². The van der Waals surface area contributed by atoms with Gasteiger partial charge >= 0.3 is 0 Å². The van der Waals surface area contributed by atoms with E-state index in [9.17, 15) is 4.79 Å². The highest BCUT2D eigenvalue weighted by atomic mass is 16.5. The Kier molecular flexibility index (Phi) is 4.20. The molecule has 0 radical (unpaired) electrons. The number of nitrogens with one attached hydrogen (secondary N) is 1. The zero-order valence-electron chi connectivity index (χ0n) is 14.3. The summed E-state index contributed by atoms with van der Waals surface area (Å²) in [6.45, 7) is 6.19. The smallest absolute Gasteiger partial charge is 0.256 e. The van der Waals surface area contributed by atoms with Crippen LogP contribution in [0.3, 0.4) is 0 Å². The molecule has 0 bridgehead atoms. The summed E-state index contributed by atoms with van der Waals surface area (Å²) in [6, 6.07) is 9.18. The number of nitrogens with zero attached hydrogens (tertiary/aromatic N) is 3. The van der Waals surface area contributed by atoms with Crippen molar-refractivity contribution in [2.45, 2.75) is 20.8 Å². The average Bonchev–Trinajstić information content (AvgIpc) is 2.83. The van der Waals surface area contributed by atoms with Crippen molar-refractivity contribution >= 4 is 22.6 Å². The monoisotopic (exact) mass is 324 g/mol. The van der Waals surface area contributed by atoms with E-state index in [4.69, 9.17) is 4.74 Å². The van der Waals surface area contributed by atoms with Gasteiger partial charge in [-0.2, -0.15) is 5.10 Å². The van der Waals surface area contributed by atoms with Gasteiger partial charge in [0.05, 0.1) is 28.9 Å². The number of anilines is 1. The number of benzene rings is 1. The number of fused-ring (bicyclic) bond motifs is 1. The number of hydrogen-bond donors (Lipinski definition) is 1. The Bertz CT molecular complexity index is 915. The van der Waals surface area contributed by atoms with Gasteiger partial charge in [0.25, 0.3) is 5.91 Å². The van der Waals surface area contributed by atoms with E-state index >= 15 is 0 Å². The molecule has 3 rings (SSSR count). The highest BCUT2D eigenvalue weighted by Gasteiger charge is 2.18. The van der Waals surface area contributed by atoms with Crippen LogP contribution in [-0.4, -0.2) is 27.3 Å². The molecule has 3 aromatic rings. The molecule has 0 spiro atoms. The SMILES string of the molecule is CCOc1ccccc1NC(=O)c1cc(C)nc2c1c(C)nn2C. The Labute approximate surface area is 140 Å². The highest BCUT2D eigenvalue weighted by molar-refractivity contribution is 6.13. The number of aryl methyl sites for hydroxylation is 3. The van der Waals surface area contributed by atoms with Gasteiger partial charge < -0.3 is 10.1 Å². The minimum atomic E-state index is -0.200. The van der Waals surface area contributed by atoms with Gasteiger partial charge in [0.2, 0.25) is 0 Å². The number of carbonyl (C=O) groups excluding carboxylic acids is 1. The Morgan fingerprint density at radius 2 is 2.04 bits per heavy atom. The van der Waals surface area contributed by atoms with Crippen molar-refractivity contribution in [2.75, 3.05) is 11.9 Å². The fraction of sp³-hybridized carbons (Fsp3) is 0.278. The van der Waals surface area contributed by atoms with Gasteiger partial charge in [-0.1, -0.05) is 12.1 Å². The minimum Gasteiger partial charge on any atom is -0.492 e. The van der Waals surface area contributed by atoms with E-state index in [1.54, 1.807) is 10.7 Å². The molecule has 0 saturated carbocycles. The number of pyridine rings is 1. The number of amides is 1. The quantitative estimate of drug-likeness (QED) is 0.800. The number of hydrogen-bond acceptors (Lipinski definition) is 4. The molecule has 0 aliphatic carbocycles. The fourth-order valence-corrected chi connectivity index (χ4v) is 2.79. The first-order chi connectivity index (χ1) is 11.5. The number of aromatic nitrogens is 3. The van der Waals surface area contributed by atoms with Crippen LogP contribution < -0.4 is 10.1 Å². The van der Waals surface area contributed by atoms with Crippen LogP contribution in [0.15, 0.2) is 30.3 Å². The van der Waals surface area contributed by atoms with E-state index in [2.05, 4.69) is 15.4 Å². The highest BCUT2D eigenvalue weighted by Crippen LogP contribution is 2.26. The maximum atomic E-state index is 12.9. The molecule has 1 amide bonds. The van der Waals surface area contributed by atoms with Crippen molar-refractivity contribution in [3.8, 4) is 5.75 Å². The molecule has 0 fully saturated rings. The molecule has 0 atom stereocenters. The molecule has 2 heterocycles. The normalized spacial score (nSPS) is 10.8. The number of rotatable bonds is 4. The van der Waals surface area contributed by atoms with Crippen LogP contribution in [0.25, 0.3) is 11.0 Å². The molecule has 1 aromatic carbocycles. The van der Waals surface area contributed by atoms with Crippen molar-refractivity contribution in [3.05, 3.63) is 47.3 Å². The molecule has 0 saturated heterocycles. The molecule has 0 aliphatic heterocycles. The largest absolute Gasteiger partial charge is 0.492 e. The summed E-state index contributed by atoms with van der Waals surface area (Å²) in [7, 11) is 1.83. The van der Waals surface area contributed by atoms with Crippen LogP contribution in [0, 0.1) is 13.8 Å². The lowest BCUT2D eigenvalue weighted by Crippen LogP contribution is -2.14. The summed E-state index contributed by atoms with van der Waals surface area (Å²) in [5.74, 6) is 0.451. The third-order valence-corrected chi connectivity index (χ3v) is 3.78. The van der Waals surface area contributed by atoms with Crippen molar-refractivity contribution in [1.29, 1.82) is 0 Å². The molecule has 6 nitrogen and oxygen atoms in total. The van der Waals surface area contributed by atoms with Crippen molar-refractivity contribution in [1.82, 2.24) is 14.8 Å². The Hall–Kier alpha value is -2.89. The topological polar surface area (TPSA) is 69.0 Å². The minimum absolute atomic E-state index is 0.200. The standard InChI is InChI=1S/C18H20N4O2/c1-5-24-15-9-7-6-8-14(15)20-18(23)13-10-11(2)19-17-16(13)12(3)21-22(17)4/h6-10H,5H2,1-4H3,(H,20,23). The summed E-state index contributed by atoms with van der Waals surface area (Å²) in [6.07, 6.45) is 0. The van der Waals surface area contributed by atoms with Crippen LogP contribution in [0.2, 0.25) is 0 Å². The third-order valence-electron chi connectivity index (χ3n) is 3.78. The van der Waals surface area contributed by atoms with Crippen LogP contribution >= 0.6 is 0 Å². The van der Waals surface area contributed by atoms with Gasteiger partial charge in [-0.15, -0.1) is 0 Å². The summed E-state index contributed by atoms with van der Waals surface area (Å²) < 4.78 is 7.27. The molecule has 24 heavy (non-hydrogen) atoms. The second-order valence-corrected chi connectivity index (χ2v) is 5.60. The van der Waals surface area contributed by atoms with Gasteiger partial charge in [0, 0.05) is 12.7 Å². The zero-order chi connectivity index (χ0) is 17.3. The van der Waals surface area contributed by atoms with Crippen molar-refractivity contribution < 1.29 is 9.53 Å². The maximum absolute atomic E-state index is 12.9. The number of ether oxygens (including phenoxy) is 1. The van der Waals surface area contributed by atoms with Crippen LogP contribution in [0.4, 0.5) is 5.69 Å². The van der Waals surface area contributed by atoms with Crippen molar-refractivity contribution in [2.24, 2.45) is 7.05 Å². The summed E-state index contributed by atoms with van der Waals surface area (Å²) >= 11 is 0. The Balaban J connectivity index is 2.04. The first-order valence-electron chi connectivity index (χ1n) is 7.85. The predicted molar refractivity (Wildman–Crippen MR) is 93.5 cm³/mol. The average molecular weight is 324 g/mol. The molecule has 0 unspecified atom stereocenters. The molecular weight excluding hydrogens is 304 g/mol. The van der Waals surface area contributed by atoms with Gasteiger partial charge in [0.1, 0.15) is 5.75 Å². The molecule has 0 aliphatic rings. The summed E-state index contributed by atoms with van der Waals surface area (Å²) in [4.78, 5) is 17.4. The van der Waals surface area contributed by atoms with Gasteiger partial charge in [-0.3, -0.25) is 9.48 Å². The van der Waals surface area contributed by atoms with Crippen LogP contribution in [0.1, 0.15) is 28.7 Å². The maximum Gasteiger partial charge on any atom is 0.256 e. The lowest BCUT2D eigenvalue weighted by Gasteiger charge is -2.12. The molecule has 1 N–H and O–H groups in total. The predicted octanol–water partition coefficient (Wildman–Crippen LogP) is 3.24. The van der Waals surface area contributed by atoms with E-state index in [-0.39, 0.29) is 5.91 Å². The van der Waals surface area contributed by atoms with Crippen LogP contribution in [0.5, 0.6) is 5.75 Å². The second-order valence-electron chi connectivity index (χ2n) is 5.60. The first kappa shape index (κ1) is 16.0. The summed E-state index contributed by atoms with van der Waals surface area (Å²) in [5.41, 5.74) is 3.47. The first-order valence-corrected chi connectivity index (χ1v) is 7.85. The van der Waals surface area contributed by atoms with Gasteiger partial charge in [-0.25, -0.2) is 4.98 Å². The number of para-hydroxylation sites is 2. The lowest BCUT2D eigenvalue weighted by atomic mass is 10.1. The molecular formula is C18H20N4O2. The van der Waals surface area contributed by atoms with E-state index in [1.807, 2.05) is 52.1 Å². The van der Waals surface area contributed by atoms with Crippen molar-refractivity contribution in [3.63, 3.8) is 0 Å². The lowest BCUT2D eigenvalue weighted by molar-refractivity contribution is 0.102. The Morgan fingerprint density at radius 1 is 1.29 bits per heavy atom. The number of carbonyl (C=O) groups is 1. The second kappa shape index (κ2) is 6.31. The van der Waals surface area contributed by atoms with Gasteiger partial charge in [0.15, 0.2) is 5.65 Å². The zero-order valence-corrected chi connectivity index (χ0v) is 14.3. The van der Waals surface area contributed by atoms with E-state index in [0.717, 1.165) is 16.8 Å². The van der Waals surface area contributed by atoms with Crippen LogP contribution in [-0.2, 0) is 7.05 Å². The molecule has 2 aromatic heterocycles. The third kappa shape index (κ3) is 2.82.